The summed E-state index contributed by atoms with van der Waals surface area (Å²) in [4.78, 5) is 22.5. The number of para-hydroxylation sites is 1. The number of nitrogens with one attached hydrogen (secondary N) is 1. The van der Waals surface area contributed by atoms with Crippen molar-refractivity contribution in [2.24, 2.45) is 0 Å². The lowest BCUT2D eigenvalue weighted by atomic mass is 10.2. The Hall–Kier alpha value is -1.87. The predicted octanol–water partition coefficient (Wildman–Crippen LogP) is 3.81. The van der Waals surface area contributed by atoms with Crippen LogP contribution in [-0.4, -0.2) is 15.9 Å². The van der Waals surface area contributed by atoms with E-state index < -0.39 is 10.8 Å². The highest BCUT2D eigenvalue weighted by Gasteiger charge is 2.21. The molecule has 108 valence electrons. The van der Waals surface area contributed by atoms with Gasteiger partial charge < -0.3 is 10.4 Å². The number of carbonyl (C=O) groups excluding carboxylic acids is 1. The molecule has 0 heterocycles. The van der Waals surface area contributed by atoms with Crippen molar-refractivity contribution in [3.63, 3.8) is 0 Å². The van der Waals surface area contributed by atoms with E-state index in [0.29, 0.717) is 8.59 Å². The number of nitro groups is 1. The van der Waals surface area contributed by atoms with E-state index in [0.717, 1.165) is 0 Å². The number of anilines is 1. The summed E-state index contributed by atoms with van der Waals surface area (Å²) >= 11 is 7.79. The van der Waals surface area contributed by atoms with Gasteiger partial charge in [-0.05, 0) is 46.9 Å². The minimum absolute atomic E-state index is 0.247. The molecular formula is C13H8ClIN2O4. The average molecular weight is 419 g/mol. The second-order valence-electron chi connectivity index (χ2n) is 4.01. The zero-order chi connectivity index (χ0) is 15.6. The molecule has 2 N–H and O–H groups in total. The third-order valence-corrected chi connectivity index (χ3v) is 3.80. The third-order valence-electron chi connectivity index (χ3n) is 2.63. The maximum absolute atomic E-state index is 12.2. The summed E-state index contributed by atoms with van der Waals surface area (Å²) in [6, 6.07) is 8.50. The Labute approximate surface area is 138 Å². The highest BCUT2D eigenvalue weighted by atomic mass is 127. The quantitative estimate of drug-likeness (QED) is 0.343. The normalized spacial score (nSPS) is 10.2. The number of amides is 1. The predicted molar refractivity (Wildman–Crippen MR) is 86.9 cm³/mol. The van der Waals surface area contributed by atoms with Crippen molar-refractivity contribution < 1.29 is 14.8 Å². The molecule has 0 atom stereocenters. The van der Waals surface area contributed by atoms with Crippen LogP contribution in [-0.2, 0) is 0 Å². The van der Waals surface area contributed by atoms with Gasteiger partial charge >= 0.3 is 0 Å². The van der Waals surface area contributed by atoms with Gasteiger partial charge in [0.25, 0.3) is 11.6 Å². The van der Waals surface area contributed by atoms with Gasteiger partial charge in [-0.2, -0.15) is 0 Å². The molecule has 0 radical (unpaired) electrons. The molecule has 2 aromatic rings. The van der Waals surface area contributed by atoms with Crippen molar-refractivity contribution in [2.75, 3.05) is 5.32 Å². The minimum Gasteiger partial charge on any atom is -0.505 e. The fourth-order valence-corrected chi connectivity index (χ4v) is 2.41. The van der Waals surface area contributed by atoms with Crippen molar-refractivity contribution >= 4 is 51.5 Å². The van der Waals surface area contributed by atoms with E-state index in [4.69, 9.17) is 11.6 Å². The van der Waals surface area contributed by atoms with Gasteiger partial charge in [-0.3, -0.25) is 14.9 Å². The summed E-state index contributed by atoms with van der Waals surface area (Å²) in [5.41, 5.74) is -0.371. The Morgan fingerprint density at radius 2 is 2.05 bits per heavy atom. The van der Waals surface area contributed by atoms with Gasteiger partial charge in [0.1, 0.15) is 5.75 Å². The van der Waals surface area contributed by atoms with Crippen LogP contribution in [0.4, 0.5) is 11.4 Å². The van der Waals surface area contributed by atoms with Gasteiger partial charge in [0.05, 0.1) is 10.5 Å². The van der Waals surface area contributed by atoms with Crippen LogP contribution in [0, 0.1) is 13.7 Å². The van der Waals surface area contributed by atoms with Gasteiger partial charge in [-0.15, -0.1) is 0 Å². The average Bonchev–Trinajstić information content (AvgIpc) is 2.43. The molecule has 8 heteroatoms. The lowest BCUT2D eigenvalue weighted by molar-refractivity contribution is -0.384. The largest absolute Gasteiger partial charge is 0.505 e. The molecule has 2 aromatic carbocycles. The number of carbonyl (C=O) groups is 1. The zero-order valence-corrected chi connectivity index (χ0v) is 13.3. The van der Waals surface area contributed by atoms with Crippen LogP contribution in [0.3, 0.4) is 0 Å². The molecule has 2 rings (SSSR count). The van der Waals surface area contributed by atoms with Gasteiger partial charge in [0.15, 0.2) is 5.69 Å². The second kappa shape index (κ2) is 6.27. The number of nitro benzene ring substituents is 1. The van der Waals surface area contributed by atoms with E-state index in [1.54, 1.807) is 12.1 Å². The maximum Gasteiger partial charge on any atom is 0.296 e. The Morgan fingerprint density at radius 1 is 1.33 bits per heavy atom. The smallest absolute Gasteiger partial charge is 0.296 e. The monoisotopic (exact) mass is 418 g/mol. The Morgan fingerprint density at radius 3 is 2.71 bits per heavy atom. The van der Waals surface area contributed by atoms with Crippen molar-refractivity contribution in [1.82, 2.24) is 0 Å². The van der Waals surface area contributed by atoms with Gasteiger partial charge in [-0.25, -0.2) is 0 Å². The topological polar surface area (TPSA) is 92.5 Å². The zero-order valence-electron chi connectivity index (χ0n) is 10.3. The lowest BCUT2D eigenvalue weighted by Crippen LogP contribution is -2.14. The lowest BCUT2D eigenvalue weighted by Gasteiger charge is -2.09. The number of hydrogen-bond donors (Lipinski definition) is 2. The first-order valence-corrected chi connectivity index (χ1v) is 7.08. The molecule has 0 bridgehead atoms. The van der Waals surface area contributed by atoms with Crippen molar-refractivity contribution in [2.45, 2.75) is 0 Å². The van der Waals surface area contributed by atoms with Crippen LogP contribution in [0.2, 0.25) is 5.02 Å². The van der Waals surface area contributed by atoms with Crippen LogP contribution in [0.5, 0.6) is 5.75 Å². The highest BCUT2D eigenvalue weighted by molar-refractivity contribution is 14.1. The summed E-state index contributed by atoms with van der Waals surface area (Å²) in [5, 5.41) is 23.4. The fraction of sp³-hybridized carbons (Fsp3) is 0. The summed E-state index contributed by atoms with van der Waals surface area (Å²) < 4.78 is 0.632. The molecule has 0 aliphatic rings. The highest BCUT2D eigenvalue weighted by Crippen LogP contribution is 2.33. The van der Waals surface area contributed by atoms with Gasteiger partial charge in [0, 0.05) is 14.7 Å². The van der Waals surface area contributed by atoms with Crippen LogP contribution in [0.15, 0.2) is 36.4 Å². The Bertz CT molecular complexity index is 736. The van der Waals surface area contributed by atoms with E-state index in [1.165, 1.54) is 24.3 Å². The number of halogens is 2. The number of phenolic OH excluding ortho intramolecular Hbond substituents is 1. The summed E-state index contributed by atoms with van der Waals surface area (Å²) in [5.74, 6) is -0.971. The summed E-state index contributed by atoms with van der Waals surface area (Å²) in [7, 11) is 0. The van der Waals surface area contributed by atoms with Gasteiger partial charge in [0.2, 0.25) is 0 Å². The first-order chi connectivity index (χ1) is 9.90. The Kier molecular flexibility index (Phi) is 4.63. The van der Waals surface area contributed by atoms with E-state index in [2.05, 4.69) is 5.32 Å². The molecule has 21 heavy (non-hydrogen) atoms. The minimum atomic E-state index is -0.682. The number of hydrogen-bond acceptors (Lipinski definition) is 4. The third kappa shape index (κ3) is 3.42. The van der Waals surface area contributed by atoms with Gasteiger partial charge in [-0.1, -0.05) is 17.7 Å². The SMILES string of the molecule is O=C(Nc1c(O)cccc1[N+](=O)[O-])c1cc(Cl)ccc1I. The van der Waals surface area contributed by atoms with E-state index >= 15 is 0 Å². The van der Waals surface area contributed by atoms with E-state index in [9.17, 15) is 20.0 Å². The summed E-state index contributed by atoms with van der Waals surface area (Å²) in [6.07, 6.45) is 0. The van der Waals surface area contributed by atoms with Crippen molar-refractivity contribution in [3.8, 4) is 5.75 Å². The van der Waals surface area contributed by atoms with Crippen molar-refractivity contribution in [1.29, 1.82) is 0 Å². The number of rotatable bonds is 3. The second-order valence-corrected chi connectivity index (χ2v) is 5.61. The number of aromatic hydroxyl groups is 1. The molecule has 0 unspecified atom stereocenters. The molecule has 0 aliphatic carbocycles. The molecule has 0 aromatic heterocycles. The van der Waals surface area contributed by atoms with Crippen LogP contribution in [0.1, 0.15) is 10.4 Å². The number of nitrogens with zero attached hydrogens (tertiary/aromatic N) is 1. The van der Waals surface area contributed by atoms with Crippen LogP contribution >= 0.6 is 34.2 Å². The molecule has 1 amide bonds. The van der Waals surface area contributed by atoms with E-state index in [-0.39, 0.29) is 22.7 Å². The van der Waals surface area contributed by atoms with Crippen molar-refractivity contribution in [3.05, 3.63) is 60.7 Å². The summed E-state index contributed by atoms with van der Waals surface area (Å²) in [6.45, 7) is 0. The fourth-order valence-electron chi connectivity index (χ4n) is 1.66. The first-order valence-electron chi connectivity index (χ1n) is 5.63. The molecule has 0 fully saturated rings. The maximum atomic E-state index is 12.2. The number of benzene rings is 2. The standard InChI is InChI=1S/C13H8ClIN2O4/c14-7-4-5-9(15)8(6-7)13(19)16-12-10(17(20)21)2-1-3-11(12)18/h1-6,18H,(H,16,19). The molecular weight excluding hydrogens is 411 g/mol. The molecule has 0 aliphatic heterocycles. The molecule has 0 saturated heterocycles. The molecule has 0 saturated carbocycles. The molecule has 0 spiro atoms. The van der Waals surface area contributed by atoms with E-state index in [1.807, 2.05) is 22.6 Å². The Balaban J connectivity index is 2.41. The first kappa shape index (κ1) is 15.5. The number of phenols is 1. The van der Waals surface area contributed by atoms with Crippen LogP contribution < -0.4 is 5.32 Å². The van der Waals surface area contributed by atoms with Crippen LogP contribution in [0.25, 0.3) is 0 Å². The molecule has 6 nitrogen and oxygen atoms in total.